The second kappa shape index (κ2) is 8.67. The highest BCUT2D eigenvalue weighted by Gasteiger charge is 2.14. The summed E-state index contributed by atoms with van der Waals surface area (Å²) in [4.78, 5) is 10.8. The molecule has 152 valence electrons. The Morgan fingerprint density at radius 1 is 1.03 bits per heavy atom. The molecule has 4 rings (SSSR count). The normalized spacial score (nSPS) is 12.4. The zero-order valence-electron chi connectivity index (χ0n) is 16.2. The van der Waals surface area contributed by atoms with E-state index in [1.807, 2.05) is 36.4 Å². The Labute approximate surface area is 173 Å². The van der Waals surface area contributed by atoms with Gasteiger partial charge in [-0.25, -0.2) is 10.2 Å². The molecule has 30 heavy (non-hydrogen) atoms. The lowest BCUT2D eigenvalue weighted by Gasteiger charge is -2.16. The number of para-hydroxylation sites is 3. The molecule has 1 atom stereocenters. The third-order valence-electron chi connectivity index (χ3n) is 4.80. The van der Waals surface area contributed by atoms with Gasteiger partial charge in [-0.1, -0.05) is 48.5 Å². The molecule has 0 spiro atoms. The van der Waals surface area contributed by atoms with Gasteiger partial charge in [-0.15, -0.1) is 0 Å². The molecule has 0 fully saturated rings. The fourth-order valence-corrected chi connectivity index (χ4v) is 3.53. The minimum Gasteiger partial charge on any atom is -0.490 e. The van der Waals surface area contributed by atoms with Crippen molar-refractivity contribution in [2.24, 2.45) is 10.8 Å². The lowest BCUT2D eigenvalue weighted by atomic mass is 10.2. The van der Waals surface area contributed by atoms with E-state index in [0.29, 0.717) is 17.9 Å². The van der Waals surface area contributed by atoms with Crippen molar-refractivity contribution in [3.63, 3.8) is 0 Å². The fraction of sp³-hybridized carbons (Fsp3) is 0.130. The van der Waals surface area contributed by atoms with Crippen LogP contribution in [0.4, 0.5) is 4.79 Å². The highest BCUT2D eigenvalue weighted by Crippen LogP contribution is 2.29. The van der Waals surface area contributed by atoms with Gasteiger partial charge >= 0.3 is 6.03 Å². The number of amides is 2. The van der Waals surface area contributed by atoms with Crippen LogP contribution in [0.25, 0.3) is 21.8 Å². The Balaban J connectivity index is 1.51. The van der Waals surface area contributed by atoms with Crippen LogP contribution >= 0.6 is 0 Å². The van der Waals surface area contributed by atoms with E-state index in [-0.39, 0.29) is 6.61 Å². The van der Waals surface area contributed by atoms with Gasteiger partial charge in [0.25, 0.3) is 0 Å². The maximum atomic E-state index is 10.8. The zero-order chi connectivity index (χ0) is 20.9. The van der Waals surface area contributed by atoms with Crippen LogP contribution in [0.5, 0.6) is 5.75 Å². The van der Waals surface area contributed by atoms with Crippen molar-refractivity contribution >= 4 is 34.1 Å². The van der Waals surface area contributed by atoms with Gasteiger partial charge in [0.2, 0.25) is 0 Å². The molecular formula is C23H22N4O3. The van der Waals surface area contributed by atoms with Gasteiger partial charge in [0.05, 0.1) is 12.8 Å². The van der Waals surface area contributed by atoms with Crippen LogP contribution in [0, 0.1) is 0 Å². The zero-order valence-corrected chi connectivity index (χ0v) is 16.2. The Morgan fingerprint density at radius 3 is 2.30 bits per heavy atom. The van der Waals surface area contributed by atoms with Crippen LogP contribution in [0.3, 0.4) is 0 Å². The molecule has 0 radical (unpaired) electrons. The summed E-state index contributed by atoms with van der Waals surface area (Å²) in [6.45, 7) is 0.502. The van der Waals surface area contributed by atoms with Crippen LogP contribution in [0.2, 0.25) is 0 Å². The quantitative estimate of drug-likeness (QED) is 0.327. The number of aliphatic hydroxyl groups is 1. The third kappa shape index (κ3) is 4.11. The summed E-state index contributed by atoms with van der Waals surface area (Å²) in [7, 11) is 0. The van der Waals surface area contributed by atoms with Gasteiger partial charge in [-0.2, -0.15) is 5.10 Å². The Hall–Kier alpha value is -3.84. The largest absolute Gasteiger partial charge is 0.490 e. The Morgan fingerprint density at radius 2 is 1.63 bits per heavy atom. The number of hydrazone groups is 1. The number of nitrogens with zero attached hydrogens (tertiary/aromatic N) is 2. The number of carbonyl (C=O) groups excluding carboxylic acids is 1. The van der Waals surface area contributed by atoms with Crippen LogP contribution in [0.1, 0.15) is 5.56 Å². The molecule has 7 heteroatoms. The van der Waals surface area contributed by atoms with Crippen molar-refractivity contribution in [1.29, 1.82) is 0 Å². The van der Waals surface area contributed by atoms with E-state index < -0.39 is 12.1 Å². The average Bonchev–Trinajstić information content (AvgIpc) is 3.07. The number of hydrogen-bond acceptors (Lipinski definition) is 4. The van der Waals surface area contributed by atoms with Gasteiger partial charge in [0.15, 0.2) is 0 Å². The molecule has 7 nitrogen and oxygen atoms in total. The number of primary amides is 1. The summed E-state index contributed by atoms with van der Waals surface area (Å²) in [5.74, 6) is 0.550. The van der Waals surface area contributed by atoms with E-state index in [1.165, 1.54) is 6.21 Å². The number of benzene rings is 3. The summed E-state index contributed by atoms with van der Waals surface area (Å²) in [5, 5.41) is 16.8. The SMILES string of the molecule is NC(=O)N/N=C/c1ccccc1OC[C@@H](O)Cn1c2ccccc2c2ccccc21. The number of carbonyl (C=O) groups is 1. The first kappa shape index (κ1) is 19.5. The molecule has 0 aliphatic rings. The second-order valence-electron chi connectivity index (χ2n) is 6.88. The summed E-state index contributed by atoms with van der Waals surface area (Å²) in [6, 6.07) is 22.8. The number of aromatic nitrogens is 1. The van der Waals surface area contributed by atoms with E-state index in [0.717, 1.165) is 21.8 Å². The van der Waals surface area contributed by atoms with E-state index in [4.69, 9.17) is 10.5 Å². The molecule has 0 aliphatic heterocycles. The van der Waals surface area contributed by atoms with Gasteiger partial charge in [-0.3, -0.25) is 0 Å². The van der Waals surface area contributed by atoms with Crippen LogP contribution in [-0.4, -0.2) is 34.6 Å². The first-order chi connectivity index (χ1) is 14.6. The maximum absolute atomic E-state index is 10.8. The van der Waals surface area contributed by atoms with Crippen molar-refractivity contribution in [2.75, 3.05) is 6.61 Å². The Bertz CT molecular complexity index is 1160. The maximum Gasteiger partial charge on any atom is 0.332 e. The van der Waals surface area contributed by atoms with Crippen molar-refractivity contribution in [1.82, 2.24) is 9.99 Å². The van der Waals surface area contributed by atoms with E-state index >= 15 is 0 Å². The lowest BCUT2D eigenvalue weighted by Crippen LogP contribution is -2.24. The van der Waals surface area contributed by atoms with Gasteiger partial charge in [0, 0.05) is 27.4 Å². The number of aliphatic hydroxyl groups excluding tert-OH is 1. The summed E-state index contributed by atoms with van der Waals surface area (Å²) in [6.07, 6.45) is 0.720. The molecular weight excluding hydrogens is 380 g/mol. The van der Waals surface area contributed by atoms with Crippen LogP contribution in [0.15, 0.2) is 77.9 Å². The number of rotatable bonds is 7. The number of ether oxygens (including phenoxy) is 1. The smallest absolute Gasteiger partial charge is 0.332 e. The monoisotopic (exact) mass is 402 g/mol. The number of urea groups is 1. The summed E-state index contributed by atoms with van der Waals surface area (Å²) >= 11 is 0. The van der Waals surface area contributed by atoms with Crippen molar-refractivity contribution in [3.05, 3.63) is 78.4 Å². The predicted octanol–water partition coefficient (Wildman–Crippen LogP) is 3.24. The molecule has 4 N–H and O–H groups in total. The van der Waals surface area contributed by atoms with Crippen molar-refractivity contribution in [3.8, 4) is 5.75 Å². The number of hydrogen-bond donors (Lipinski definition) is 3. The van der Waals surface area contributed by atoms with Gasteiger partial charge in [0.1, 0.15) is 18.5 Å². The standard InChI is InChI=1S/C23H22N4O3/c24-23(29)26-25-13-16-7-1-6-12-22(16)30-15-17(28)14-27-20-10-4-2-8-18(20)19-9-3-5-11-21(19)27/h1-13,17,28H,14-15H2,(H3,24,26,29)/b25-13+/t17-/m0/s1. The number of nitrogens with one attached hydrogen (secondary N) is 1. The minimum atomic E-state index is -0.744. The number of nitrogens with two attached hydrogens (primary N) is 1. The summed E-state index contributed by atoms with van der Waals surface area (Å²) in [5.41, 5.74) is 9.96. The minimum absolute atomic E-state index is 0.106. The molecule has 0 saturated heterocycles. The average molecular weight is 402 g/mol. The van der Waals surface area contributed by atoms with E-state index in [9.17, 15) is 9.90 Å². The highest BCUT2D eigenvalue weighted by atomic mass is 16.5. The van der Waals surface area contributed by atoms with Crippen LogP contribution < -0.4 is 15.9 Å². The molecule has 0 saturated carbocycles. The lowest BCUT2D eigenvalue weighted by molar-refractivity contribution is 0.0944. The molecule has 0 aliphatic carbocycles. The Kier molecular flexibility index (Phi) is 5.63. The second-order valence-corrected chi connectivity index (χ2v) is 6.88. The molecule has 4 aromatic rings. The molecule has 1 heterocycles. The van der Waals surface area contributed by atoms with Crippen molar-refractivity contribution < 1.29 is 14.6 Å². The first-order valence-corrected chi connectivity index (χ1v) is 9.58. The van der Waals surface area contributed by atoms with Crippen LogP contribution in [-0.2, 0) is 6.54 Å². The molecule has 3 aromatic carbocycles. The number of fused-ring (bicyclic) bond motifs is 3. The van der Waals surface area contributed by atoms with E-state index in [2.05, 4.69) is 39.4 Å². The first-order valence-electron chi connectivity index (χ1n) is 9.58. The van der Waals surface area contributed by atoms with Gasteiger partial charge < -0.3 is 20.1 Å². The third-order valence-corrected chi connectivity index (χ3v) is 4.80. The molecule has 2 amide bonds. The molecule has 1 aromatic heterocycles. The van der Waals surface area contributed by atoms with E-state index in [1.54, 1.807) is 12.1 Å². The summed E-state index contributed by atoms with van der Waals surface area (Å²) < 4.78 is 7.94. The molecule has 0 bridgehead atoms. The fourth-order valence-electron chi connectivity index (χ4n) is 3.53. The topological polar surface area (TPSA) is 102 Å². The predicted molar refractivity (Wildman–Crippen MR) is 118 cm³/mol. The highest BCUT2D eigenvalue weighted by molar-refractivity contribution is 6.07. The molecule has 0 unspecified atom stereocenters. The van der Waals surface area contributed by atoms with Crippen molar-refractivity contribution in [2.45, 2.75) is 12.6 Å². The van der Waals surface area contributed by atoms with Gasteiger partial charge in [-0.05, 0) is 24.3 Å².